The summed E-state index contributed by atoms with van der Waals surface area (Å²) in [7, 11) is 1.60. The minimum Gasteiger partial charge on any atom is -0.508 e. The Morgan fingerprint density at radius 3 is 2.36 bits per heavy atom. The number of methoxy groups -OCH3 is 1. The lowest BCUT2D eigenvalue weighted by atomic mass is 9.95. The van der Waals surface area contributed by atoms with Crippen LogP contribution in [-0.4, -0.2) is 35.8 Å². The van der Waals surface area contributed by atoms with Crippen molar-refractivity contribution < 1.29 is 28.9 Å². The van der Waals surface area contributed by atoms with E-state index in [0.717, 1.165) is 5.75 Å². The number of hydrogen-bond donors (Lipinski definition) is 4. The molecular formula is C29H27N3O6S. The number of aromatic hydroxyl groups is 1. The summed E-state index contributed by atoms with van der Waals surface area (Å²) < 4.78 is 16.3. The maximum atomic E-state index is 12.9. The van der Waals surface area contributed by atoms with Gasteiger partial charge in [-0.2, -0.15) is 0 Å². The van der Waals surface area contributed by atoms with Gasteiger partial charge >= 0.3 is 5.97 Å². The topological polar surface area (TPSA) is 118 Å². The van der Waals surface area contributed by atoms with Crippen molar-refractivity contribution in [2.24, 2.45) is 0 Å². The van der Waals surface area contributed by atoms with Crippen LogP contribution in [0.3, 0.4) is 0 Å². The molecule has 1 heterocycles. The van der Waals surface area contributed by atoms with Crippen LogP contribution < -0.4 is 25.4 Å². The van der Waals surface area contributed by atoms with E-state index in [4.69, 9.17) is 26.4 Å². The number of rotatable bonds is 9. The van der Waals surface area contributed by atoms with E-state index in [1.165, 1.54) is 18.2 Å². The van der Waals surface area contributed by atoms with Gasteiger partial charge in [0, 0.05) is 17.5 Å². The number of anilines is 1. The highest BCUT2D eigenvalue weighted by atomic mass is 32.1. The molecule has 0 saturated carbocycles. The molecule has 10 heteroatoms. The van der Waals surface area contributed by atoms with Gasteiger partial charge in [-0.3, -0.25) is 4.79 Å². The molecule has 1 amide bonds. The van der Waals surface area contributed by atoms with Gasteiger partial charge in [-0.05, 0) is 91.4 Å². The third kappa shape index (κ3) is 7.36. The Morgan fingerprint density at radius 2 is 1.69 bits per heavy atom. The lowest BCUT2D eigenvalue weighted by Crippen LogP contribution is -2.45. The standard InChI is InChI=1S/C29H27N3O6S/c1-18-26(27(32-29(39)30-18)19-5-3-6-21(33)17-19)28(35)37-16-4-7-25(34)31-20-8-10-23(11-9-20)38-24-14-12-22(36-2)13-15-24/h3-15,17,27,33H,16H2,1-2H3,(H,31,34)(H2,30,32,39)/b7-4+. The first-order chi connectivity index (χ1) is 18.8. The first-order valence-corrected chi connectivity index (χ1v) is 12.4. The number of hydrogen-bond acceptors (Lipinski definition) is 7. The lowest BCUT2D eigenvalue weighted by Gasteiger charge is -2.29. The molecule has 4 rings (SSSR count). The lowest BCUT2D eigenvalue weighted by molar-refractivity contribution is -0.138. The van der Waals surface area contributed by atoms with E-state index in [1.807, 2.05) is 0 Å². The number of carbonyl (C=O) groups is 2. The molecule has 1 atom stereocenters. The largest absolute Gasteiger partial charge is 0.508 e. The number of phenolic OH excluding ortho intramolecular Hbond substituents is 1. The van der Waals surface area contributed by atoms with Crippen LogP contribution in [0.15, 0.2) is 96.2 Å². The van der Waals surface area contributed by atoms with Gasteiger partial charge in [-0.1, -0.05) is 12.1 Å². The van der Waals surface area contributed by atoms with E-state index in [2.05, 4.69) is 16.0 Å². The summed E-state index contributed by atoms with van der Waals surface area (Å²) in [6.45, 7) is 1.60. The van der Waals surface area contributed by atoms with Crippen molar-refractivity contribution in [2.45, 2.75) is 13.0 Å². The predicted molar refractivity (Wildman–Crippen MR) is 151 cm³/mol. The number of amides is 1. The van der Waals surface area contributed by atoms with E-state index in [1.54, 1.807) is 80.8 Å². The number of allylic oxidation sites excluding steroid dienone is 1. The molecule has 0 aliphatic carbocycles. The average Bonchev–Trinajstić information content (AvgIpc) is 2.92. The maximum absolute atomic E-state index is 12.9. The molecule has 0 fully saturated rings. The van der Waals surface area contributed by atoms with Gasteiger partial charge in [-0.25, -0.2) is 4.79 Å². The third-order valence-corrected chi connectivity index (χ3v) is 5.91. The van der Waals surface area contributed by atoms with Gasteiger partial charge in [0.2, 0.25) is 5.91 Å². The number of phenols is 1. The highest BCUT2D eigenvalue weighted by Gasteiger charge is 2.31. The summed E-state index contributed by atoms with van der Waals surface area (Å²) in [6.07, 6.45) is 2.73. The maximum Gasteiger partial charge on any atom is 0.338 e. The van der Waals surface area contributed by atoms with Crippen LogP contribution in [0.4, 0.5) is 5.69 Å². The highest BCUT2D eigenvalue weighted by molar-refractivity contribution is 7.80. The zero-order chi connectivity index (χ0) is 27.8. The first-order valence-electron chi connectivity index (χ1n) is 12.0. The SMILES string of the molecule is COc1ccc(Oc2ccc(NC(=O)/C=C/COC(=O)C3=C(C)NC(=S)NC3c3cccc(O)c3)cc2)cc1. The van der Waals surface area contributed by atoms with E-state index in [0.29, 0.717) is 39.1 Å². The van der Waals surface area contributed by atoms with Crippen LogP contribution in [0.2, 0.25) is 0 Å². The summed E-state index contributed by atoms with van der Waals surface area (Å²) in [5, 5.41) is 18.9. The minimum atomic E-state index is -0.595. The van der Waals surface area contributed by atoms with Gasteiger partial charge in [0.05, 0.1) is 18.7 Å². The molecule has 9 nitrogen and oxygen atoms in total. The Bertz CT molecular complexity index is 1420. The highest BCUT2D eigenvalue weighted by Crippen LogP contribution is 2.29. The molecule has 1 aliphatic heterocycles. The molecule has 0 saturated heterocycles. The fourth-order valence-corrected chi connectivity index (χ4v) is 4.12. The van der Waals surface area contributed by atoms with Crippen molar-refractivity contribution in [1.29, 1.82) is 0 Å². The van der Waals surface area contributed by atoms with E-state index < -0.39 is 12.0 Å². The smallest absolute Gasteiger partial charge is 0.338 e. The van der Waals surface area contributed by atoms with Gasteiger partial charge in [0.1, 0.15) is 29.6 Å². The molecule has 0 radical (unpaired) electrons. The zero-order valence-electron chi connectivity index (χ0n) is 21.3. The number of carbonyl (C=O) groups excluding carboxylic acids is 2. The van der Waals surface area contributed by atoms with E-state index >= 15 is 0 Å². The molecule has 0 bridgehead atoms. The van der Waals surface area contributed by atoms with Gasteiger partial charge in [0.15, 0.2) is 5.11 Å². The monoisotopic (exact) mass is 545 g/mol. The summed E-state index contributed by atoms with van der Waals surface area (Å²) in [6, 6.07) is 20.1. The number of esters is 1. The molecule has 4 N–H and O–H groups in total. The van der Waals surface area contributed by atoms with Crippen molar-refractivity contribution in [1.82, 2.24) is 10.6 Å². The van der Waals surface area contributed by atoms with Crippen molar-refractivity contribution in [2.75, 3.05) is 19.0 Å². The zero-order valence-corrected chi connectivity index (χ0v) is 22.1. The van der Waals surface area contributed by atoms with Crippen LogP contribution in [0.5, 0.6) is 23.0 Å². The molecule has 1 aliphatic rings. The van der Waals surface area contributed by atoms with E-state index in [-0.39, 0.29) is 18.3 Å². The predicted octanol–water partition coefficient (Wildman–Crippen LogP) is 4.72. The molecule has 1 unspecified atom stereocenters. The summed E-state index contributed by atoms with van der Waals surface area (Å²) in [5.74, 6) is 1.11. The summed E-state index contributed by atoms with van der Waals surface area (Å²) in [4.78, 5) is 25.2. The molecule has 3 aromatic rings. The Kier molecular flexibility index (Phi) is 8.80. The summed E-state index contributed by atoms with van der Waals surface area (Å²) in [5.41, 5.74) is 2.09. The van der Waals surface area contributed by atoms with Crippen LogP contribution in [0.25, 0.3) is 0 Å². The van der Waals surface area contributed by atoms with Crippen molar-refractivity contribution in [3.05, 3.63) is 102 Å². The molecule has 3 aromatic carbocycles. The fraction of sp³-hybridized carbons (Fsp3) is 0.138. The van der Waals surface area contributed by atoms with E-state index in [9.17, 15) is 14.7 Å². The van der Waals surface area contributed by atoms with Crippen molar-refractivity contribution in [3.8, 4) is 23.0 Å². The van der Waals surface area contributed by atoms with Crippen LogP contribution in [0, 0.1) is 0 Å². The minimum absolute atomic E-state index is 0.0671. The third-order valence-electron chi connectivity index (χ3n) is 5.69. The molecule has 200 valence electrons. The number of nitrogens with one attached hydrogen (secondary N) is 3. The average molecular weight is 546 g/mol. The Balaban J connectivity index is 1.29. The molecule has 0 aromatic heterocycles. The van der Waals surface area contributed by atoms with Crippen molar-refractivity contribution >= 4 is 34.9 Å². The van der Waals surface area contributed by atoms with Gasteiger partial charge < -0.3 is 35.3 Å². The van der Waals surface area contributed by atoms with Crippen LogP contribution in [-0.2, 0) is 14.3 Å². The van der Waals surface area contributed by atoms with Gasteiger partial charge in [0.25, 0.3) is 0 Å². The molecule has 39 heavy (non-hydrogen) atoms. The first kappa shape index (κ1) is 27.2. The normalized spacial score (nSPS) is 14.8. The molecular weight excluding hydrogens is 518 g/mol. The quantitative estimate of drug-likeness (QED) is 0.172. The van der Waals surface area contributed by atoms with Crippen molar-refractivity contribution in [3.63, 3.8) is 0 Å². The Hall–Kier alpha value is -4.83. The second kappa shape index (κ2) is 12.6. The number of ether oxygens (including phenoxy) is 3. The molecule has 0 spiro atoms. The Labute approximate surface area is 231 Å². The van der Waals surface area contributed by atoms with Gasteiger partial charge in [-0.15, -0.1) is 0 Å². The van der Waals surface area contributed by atoms with Crippen LogP contribution >= 0.6 is 12.2 Å². The Morgan fingerprint density at radius 1 is 1.03 bits per heavy atom. The number of benzene rings is 3. The fourth-order valence-electron chi connectivity index (χ4n) is 3.85. The second-order valence-electron chi connectivity index (χ2n) is 8.46. The summed E-state index contributed by atoms with van der Waals surface area (Å²) >= 11 is 5.23. The number of thiocarbonyl (C=S) groups is 1. The van der Waals surface area contributed by atoms with Crippen LogP contribution in [0.1, 0.15) is 18.5 Å². The second-order valence-corrected chi connectivity index (χ2v) is 8.87.